The van der Waals surface area contributed by atoms with Crippen molar-refractivity contribution >= 4 is 5.91 Å². The summed E-state index contributed by atoms with van der Waals surface area (Å²) < 4.78 is 10.9. The number of methoxy groups -OCH3 is 1. The zero-order valence-electron chi connectivity index (χ0n) is 12.3. The number of carbonyl (C=O) groups excluding carboxylic acids is 1. The van der Waals surface area contributed by atoms with Gasteiger partial charge in [0.1, 0.15) is 11.5 Å². The fraction of sp³-hybridized carbons (Fsp3) is 0.533. The Morgan fingerprint density at radius 2 is 2.20 bits per heavy atom. The summed E-state index contributed by atoms with van der Waals surface area (Å²) in [7, 11) is 5.33. The zero-order chi connectivity index (χ0) is 14.5. The maximum atomic E-state index is 12.0. The second-order valence-electron chi connectivity index (χ2n) is 5.03. The van der Waals surface area contributed by atoms with Gasteiger partial charge in [0.15, 0.2) is 6.61 Å². The van der Waals surface area contributed by atoms with Gasteiger partial charge in [-0.15, -0.1) is 0 Å². The quantitative estimate of drug-likeness (QED) is 0.819. The van der Waals surface area contributed by atoms with Gasteiger partial charge in [-0.1, -0.05) is 6.07 Å². The minimum absolute atomic E-state index is 0.0192. The summed E-state index contributed by atoms with van der Waals surface area (Å²) in [4.78, 5) is 13.8. The Bertz CT molecular complexity index is 472. The molecule has 2 rings (SSSR count). The molecule has 1 N–H and O–H groups in total. The topological polar surface area (TPSA) is 50.8 Å². The van der Waals surface area contributed by atoms with Crippen LogP contribution in [0.4, 0.5) is 0 Å². The molecule has 0 aromatic heterocycles. The maximum Gasteiger partial charge on any atom is 0.260 e. The van der Waals surface area contributed by atoms with Crippen molar-refractivity contribution in [2.24, 2.45) is 0 Å². The van der Waals surface area contributed by atoms with E-state index in [0.29, 0.717) is 18.3 Å². The monoisotopic (exact) mass is 278 g/mol. The molecule has 0 atom stereocenters. The van der Waals surface area contributed by atoms with Crippen LogP contribution in [0.25, 0.3) is 0 Å². The number of rotatable bonds is 7. The molecule has 5 heteroatoms. The van der Waals surface area contributed by atoms with E-state index < -0.39 is 0 Å². The smallest absolute Gasteiger partial charge is 0.260 e. The number of benzene rings is 1. The number of hydrogen-bond donors (Lipinski definition) is 1. The molecule has 1 aromatic carbocycles. The molecule has 0 spiro atoms. The molecule has 1 aliphatic rings. The third-order valence-corrected chi connectivity index (χ3v) is 3.48. The summed E-state index contributed by atoms with van der Waals surface area (Å²) in [5.74, 6) is 1.44. The van der Waals surface area contributed by atoms with Gasteiger partial charge in [0.05, 0.1) is 7.11 Å². The van der Waals surface area contributed by atoms with Crippen LogP contribution in [0.1, 0.15) is 18.4 Å². The second-order valence-corrected chi connectivity index (χ2v) is 5.03. The van der Waals surface area contributed by atoms with Gasteiger partial charge < -0.3 is 19.7 Å². The molecule has 110 valence electrons. The summed E-state index contributed by atoms with van der Waals surface area (Å²) in [6, 6.07) is 6.06. The summed E-state index contributed by atoms with van der Waals surface area (Å²) in [5, 5.41) is 3.08. The van der Waals surface area contributed by atoms with Gasteiger partial charge >= 0.3 is 0 Å². The highest BCUT2D eigenvalue weighted by atomic mass is 16.5. The predicted octanol–water partition coefficient (Wildman–Crippen LogP) is 1.41. The number of ether oxygens (including phenoxy) is 2. The fourth-order valence-corrected chi connectivity index (χ4v) is 2.04. The highest BCUT2D eigenvalue weighted by Crippen LogP contribution is 2.27. The zero-order valence-corrected chi connectivity index (χ0v) is 12.3. The van der Waals surface area contributed by atoms with E-state index in [1.54, 1.807) is 12.0 Å². The van der Waals surface area contributed by atoms with Crippen LogP contribution in [-0.4, -0.2) is 44.7 Å². The first-order valence-corrected chi connectivity index (χ1v) is 6.85. The molecule has 1 amide bonds. The Kier molecular flexibility index (Phi) is 4.84. The SMILES string of the molecule is CNCc1ccc(OC)cc1OCC(=O)N(C)C1CC1. The van der Waals surface area contributed by atoms with E-state index in [-0.39, 0.29) is 12.5 Å². The number of nitrogens with one attached hydrogen (secondary N) is 1. The number of amides is 1. The molecule has 1 aliphatic carbocycles. The van der Waals surface area contributed by atoms with Gasteiger partial charge in [-0.05, 0) is 26.0 Å². The number of hydrogen-bond acceptors (Lipinski definition) is 4. The Hall–Kier alpha value is -1.75. The number of nitrogens with zero attached hydrogens (tertiary/aromatic N) is 1. The van der Waals surface area contributed by atoms with E-state index in [0.717, 1.165) is 24.2 Å². The van der Waals surface area contributed by atoms with Crippen molar-refractivity contribution in [2.45, 2.75) is 25.4 Å². The van der Waals surface area contributed by atoms with Gasteiger partial charge in [-0.25, -0.2) is 0 Å². The number of carbonyl (C=O) groups is 1. The minimum Gasteiger partial charge on any atom is -0.497 e. The minimum atomic E-state index is 0.0192. The molecule has 0 saturated heterocycles. The summed E-state index contributed by atoms with van der Waals surface area (Å²) in [5.41, 5.74) is 1.01. The van der Waals surface area contributed by atoms with Crippen molar-refractivity contribution in [1.82, 2.24) is 10.2 Å². The molecule has 0 aliphatic heterocycles. The molecule has 1 fully saturated rings. The summed E-state index contributed by atoms with van der Waals surface area (Å²) >= 11 is 0. The van der Waals surface area contributed by atoms with Crippen molar-refractivity contribution in [3.63, 3.8) is 0 Å². The van der Waals surface area contributed by atoms with Crippen molar-refractivity contribution in [3.8, 4) is 11.5 Å². The van der Waals surface area contributed by atoms with E-state index in [2.05, 4.69) is 5.32 Å². The van der Waals surface area contributed by atoms with Crippen LogP contribution < -0.4 is 14.8 Å². The van der Waals surface area contributed by atoms with Crippen LogP contribution in [0.5, 0.6) is 11.5 Å². The average Bonchev–Trinajstić information content (AvgIpc) is 3.30. The first-order valence-electron chi connectivity index (χ1n) is 6.85. The van der Waals surface area contributed by atoms with Crippen LogP contribution in [-0.2, 0) is 11.3 Å². The standard InChI is InChI=1S/C15H22N2O3/c1-16-9-11-4-7-13(19-3)8-14(11)20-10-15(18)17(2)12-5-6-12/h4,7-8,12,16H,5-6,9-10H2,1-3H3. The highest BCUT2D eigenvalue weighted by molar-refractivity contribution is 5.78. The second kappa shape index (κ2) is 6.61. The average molecular weight is 278 g/mol. The predicted molar refractivity (Wildman–Crippen MR) is 77.0 cm³/mol. The largest absolute Gasteiger partial charge is 0.497 e. The van der Waals surface area contributed by atoms with Gasteiger partial charge in [-0.2, -0.15) is 0 Å². The molecule has 0 unspecified atom stereocenters. The Morgan fingerprint density at radius 1 is 1.45 bits per heavy atom. The molecular weight excluding hydrogens is 256 g/mol. The first kappa shape index (κ1) is 14.7. The van der Waals surface area contributed by atoms with Crippen molar-refractivity contribution < 1.29 is 14.3 Å². The third kappa shape index (κ3) is 3.63. The molecule has 0 bridgehead atoms. The summed E-state index contributed by atoms with van der Waals surface area (Å²) in [6.07, 6.45) is 2.21. The number of likely N-dealkylation sites (N-methyl/N-ethyl adjacent to an activating group) is 1. The van der Waals surface area contributed by atoms with Crippen molar-refractivity contribution in [3.05, 3.63) is 23.8 Å². The van der Waals surface area contributed by atoms with Gasteiger partial charge in [0.25, 0.3) is 5.91 Å². The molecular formula is C15H22N2O3. The lowest BCUT2D eigenvalue weighted by molar-refractivity contribution is -0.132. The lowest BCUT2D eigenvalue weighted by atomic mass is 10.2. The third-order valence-electron chi connectivity index (χ3n) is 3.48. The molecule has 0 radical (unpaired) electrons. The Morgan fingerprint density at radius 3 is 2.80 bits per heavy atom. The van der Waals surface area contributed by atoms with Crippen LogP contribution in [0.15, 0.2) is 18.2 Å². The van der Waals surface area contributed by atoms with Gasteiger partial charge in [0, 0.05) is 31.3 Å². The Labute approximate surface area is 119 Å². The van der Waals surface area contributed by atoms with E-state index >= 15 is 0 Å². The van der Waals surface area contributed by atoms with Crippen LogP contribution in [0.3, 0.4) is 0 Å². The maximum absolute atomic E-state index is 12.0. The van der Waals surface area contributed by atoms with Gasteiger partial charge in [0.2, 0.25) is 0 Å². The lowest BCUT2D eigenvalue weighted by Crippen LogP contribution is -2.33. The molecule has 1 aromatic rings. The molecule has 1 saturated carbocycles. The normalized spacial score (nSPS) is 13.9. The Balaban J connectivity index is 2.00. The molecule has 5 nitrogen and oxygen atoms in total. The van der Waals surface area contributed by atoms with Crippen LogP contribution >= 0.6 is 0 Å². The van der Waals surface area contributed by atoms with E-state index in [4.69, 9.17) is 9.47 Å². The fourth-order valence-electron chi connectivity index (χ4n) is 2.04. The molecule has 20 heavy (non-hydrogen) atoms. The van der Waals surface area contributed by atoms with E-state index in [1.165, 1.54) is 0 Å². The highest BCUT2D eigenvalue weighted by Gasteiger charge is 2.29. The van der Waals surface area contributed by atoms with Crippen LogP contribution in [0, 0.1) is 0 Å². The summed E-state index contributed by atoms with van der Waals surface area (Å²) in [6.45, 7) is 0.753. The lowest BCUT2D eigenvalue weighted by Gasteiger charge is -2.18. The molecule has 0 heterocycles. The van der Waals surface area contributed by atoms with Crippen molar-refractivity contribution in [2.75, 3.05) is 27.8 Å². The van der Waals surface area contributed by atoms with E-state index in [1.807, 2.05) is 32.3 Å². The van der Waals surface area contributed by atoms with Crippen molar-refractivity contribution in [1.29, 1.82) is 0 Å². The van der Waals surface area contributed by atoms with E-state index in [9.17, 15) is 4.79 Å². The van der Waals surface area contributed by atoms with Crippen LogP contribution in [0.2, 0.25) is 0 Å². The van der Waals surface area contributed by atoms with Gasteiger partial charge in [-0.3, -0.25) is 4.79 Å². The first-order chi connectivity index (χ1) is 9.65.